The molecule has 2 aromatic heterocycles. The van der Waals surface area contributed by atoms with E-state index < -0.39 is 0 Å². The Morgan fingerprint density at radius 2 is 1.97 bits per heavy atom. The van der Waals surface area contributed by atoms with Gasteiger partial charge in [-0.2, -0.15) is 5.10 Å². The number of nitrogens with zero attached hydrogens (tertiary/aromatic N) is 4. The number of anilines is 1. The lowest BCUT2D eigenvalue weighted by atomic mass is 10.1. The van der Waals surface area contributed by atoms with Gasteiger partial charge < -0.3 is 15.5 Å². The molecule has 1 fully saturated rings. The van der Waals surface area contributed by atoms with Gasteiger partial charge in [0, 0.05) is 38.1 Å². The van der Waals surface area contributed by atoms with Crippen LogP contribution >= 0.6 is 11.3 Å². The standard InChI is InChI=1S/C23H30N6S/c1-2-24-23(27-21-10-14-28(15-11-21)22-9-5-16-30-22)25-17-19-7-3-4-8-20(19)18-29-13-6-12-26-29/h3-9,12-13,16,21H,2,10-11,14-15,17-18H2,1H3,(H2,24,25,27). The lowest BCUT2D eigenvalue weighted by Crippen LogP contribution is -2.48. The van der Waals surface area contributed by atoms with Crippen LogP contribution < -0.4 is 15.5 Å². The van der Waals surface area contributed by atoms with Gasteiger partial charge in [0.05, 0.1) is 18.1 Å². The molecule has 0 amide bonds. The number of hydrogen-bond acceptors (Lipinski definition) is 4. The molecule has 158 valence electrons. The summed E-state index contributed by atoms with van der Waals surface area (Å²) in [7, 11) is 0. The predicted molar refractivity (Wildman–Crippen MR) is 125 cm³/mol. The monoisotopic (exact) mass is 422 g/mol. The molecule has 1 aliphatic rings. The maximum absolute atomic E-state index is 4.89. The van der Waals surface area contributed by atoms with Crippen LogP contribution in [0.25, 0.3) is 0 Å². The number of rotatable bonds is 7. The van der Waals surface area contributed by atoms with Gasteiger partial charge in [-0.25, -0.2) is 4.99 Å². The molecule has 0 unspecified atom stereocenters. The van der Waals surface area contributed by atoms with E-state index in [1.165, 1.54) is 16.1 Å². The summed E-state index contributed by atoms with van der Waals surface area (Å²) in [5.41, 5.74) is 2.49. The van der Waals surface area contributed by atoms with Gasteiger partial charge in [-0.3, -0.25) is 4.68 Å². The van der Waals surface area contributed by atoms with E-state index in [0.29, 0.717) is 12.6 Å². The molecule has 6 nitrogen and oxygen atoms in total. The third-order valence-electron chi connectivity index (χ3n) is 5.42. The van der Waals surface area contributed by atoms with Crippen molar-refractivity contribution >= 4 is 22.3 Å². The third kappa shape index (κ3) is 5.42. The summed E-state index contributed by atoms with van der Waals surface area (Å²) in [5, 5.41) is 14.9. The van der Waals surface area contributed by atoms with E-state index in [9.17, 15) is 0 Å². The Morgan fingerprint density at radius 1 is 1.13 bits per heavy atom. The van der Waals surface area contributed by atoms with Crippen LogP contribution in [0.1, 0.15) is 30.9 Å². The molecular weight excluding hydrogens is 392 g/mol. The first-order chi connectivity index (χ1) is 14.8. The Bertz CT molecular complexity index is 911. The lowest BCUT2D eigenvalue weighted by Gasteiger charge is -2.33. The van der Waals surface area contributed by atoms with Crippen LogP contribution in [-0.4, -0.2) is 41.4 Å². The smallest absolute Gasteiger partial charge is 0.191 e. The average molecular weight is 423 g/mol. The molecule has 0 atom stereocenters. The Hall–Kier alpha value is -2.80. The number of nitrogens with one attached hydrogen (secondary N) is 2. The number of hydrogen-bond donors (Lipinski definition) is 2. The van der Waals surface area contributed by atoms with Crippen LogP contribution in [0, 0.1) is 0 Å². The quantitative estimate of drug-likeness (QED) is 0.450. The molecule has 0 radical (unpaired) electrons. The maximum Gasteiger partial charge on any atom is 0.191 e. The van der Waals surface area contributed by atoms with Gasteiger partial charge in [0.15, 0.2) is 5.96 Å². The summed E-state index contributed by atoms with van der Waals surface area (Å²) in [6.45, 7) is 6.57. The third-order valence-corrected chi connectivity index (χ3v) is 6.34. The Balaban J connectivity index is 1.36. The van der Waals surface area contributed by atoms with Crippen LogP contribution in [0.3, 0.4) is 0 Å². The molecule has 2 N–H and O–H groups in total. The van der Waals surface area contributed by atoms with E-state index in [0.717, 1.165) is 45.0 Å². The van der Waals surface area contributed by atoms with Crippen LogP contribution in [0.2, 0.25) is 0 Å². The van der Waals surface area contributed by atoms with Gasteiger partial charge in [-0.15, -0.1) is 11.3 Å². The van der Waals surface area contributed by atoms with Crippen LogP contribution in [0.15, 0.2) is 65.2 Å². The fraction of sp³-hybridized carbons (Fsp3) is 0.391. The zero-order valence-corrected chi connectivity index (χ0v) is 18.3. The highest BCUT2D eigenvalue weighted by Crippen LogP contribution is 2.24. The summed E-state index contributed by atoms with van der Waals surface area (Å²) in [6, 6.07) is 15.2. The number of piperidine rings is 1. The van der Waals surface area contributed by atoms with Crippen molar-refractivity contribution in [1.82, 2.24) is 20.4 Å². The number of guanidine groups is 1. The molecule has 0 aliphatic carbocycles. The summed E-state index contributed by atoms with van der Waals surface area (Å²) in [6.07, 6.45) is 6.06. The summed E-state index contributed by atoms with van der Waals surface area (Å²) in [4.78, 5) is 7.37. The van der Waals surface area contributed by atoms with E-state index in [1.54, 1.807) is 0 Å². The van der Waals surface area contributed by atoms with Crippen molar-refractivity contribution < 1.29 is 0 Å². The fourth-order valence-electron chi connectivity index (χ4n) is 3.81. The van der Waals surface area contributed by atoms with Crippen molar-refractivity contribution in [2.24, 2.45) is 4.99 Å². The molecule has 1 aromatic carbocycles. The Morgan fingerprint density at radius 3 is 2.67 bits per heavy atom. The first kappa shape index (κ1) is 20.5. The summed E-state index contributed by atoms with van der Waals surface area (Å²) < 4.78 is 1.95. The van der Waals surface area contributed by atoms with Crippen molar-refractivity contribution in [2.75, 3.05) is 24.5 Å². The van der Waals surface area contributed by atoms with Gasteiger partial charge in [0.25, 0.3) is 0 Å². The van der Waals surface area contributed by atoms with Gasteiger partial charge in [-0.05, 0) is 54.5 Å². The minimum absolute atomic E-state index is 0.457. The summed E-state index contributed by atoms with van der Waals surface area (Å²) in [5.74, 6) is 0.904. The van der Waals surface area contributed by atoms with Gasteiger partial charge >= 0.3 is 0 Å². The highest BCUT2D eigenvalue weighted by molar-refractivity contribution is 7.14. The largest absolute Gasteiger partial charge is 0.363 e. The second-order valence-electron chi connectivity index (χ2n) is 7.52. The van der Waals surface area contributed by atoms with Gasteiger partial charge in [-0.1, -0.05) is 24.3 Å². The van der Waals surface area contributed by atoms with Crippen LogP contribution in [0.4, 0.5) is 5.00 Å². The zero-order valence-electron chi connectivity index (χ0n) is 17.5. The lowest BCUT2D eigenvalue weighted by molar-refractivity contribution is 0.463. The fourth-order valence-corrected chi connectivity index (χ4v) is 4.59. The van der Waals surface area contributed by atoms with Gasteiger partial charge in [0.2, 0.25) is 0 Å². The van der Waals surface area contributed by atoms with Gasteiger partial charge in [0.1, 0.15) is 0 Å². The molecule has 30 heavy (non-hydrogen) atoms. The molecule has 1 aliphatic heterocycles. The molecule has 0 bridgehead atoms. The van der Waals surface area contributed by atoms with Crippen molar-refractivity contribution in [3.63, 3.8) is 0 Å². The maximum atomic E-state index is 4.89. The molecular formula is C23H30N6S. The number of thiophene rings is 1. The van der Waals surface area contributed by atoms with Crippen LogP contribution in [-0.2, 0) is 13.1 Å². The zero-order chi connectivity index (χ0) is 20.6. The predicted octanol–water partition coefficient (Wildman–Crippen LogP) is 3.72. The first-order valence-corrected chi connectivity index (χ1v) is 11.6. The minimum Gasteiger partial charge on any atom is -0.363 e. The number of aliphatic imine (C=N–C) groups is 1. The van der Waals surface area contributed by atoms with E-state index >= 15 is 0 Å². The highest BCUT2D eigenvalue weighted by Gasteiger charge is 2.20. The Kier molecular flexibility index (Phi) is 7.03. The van der Waals surface area contributed by atoms with E-state index in [2.05, 4.69) is 69.3 Å². The second-order valence-corrected chi connectivity index (χ2v) is 8.45. The van der Waals surface area contributed by atoms with Crippen molar-refractivity contribution in [3.05, 3.63) is 71.4 Å². The molecule has 3 heterocycles. The highest BCUT2D eigenvalue weighted by atomic mass is 32.1. The van der Waals surface area contributed by atoms with E-state index in [1.807, 2.05) is 34.5 Å². The molecule has 0 spiro atoms. The van der Waals surface area contributed by atoms with Crippen molar-refractivity contribution in [3.8, 4) is 0 Å². The topological polar surface area (TPSA) is 57.5 Å². The van der Waals surface area contributed by atoms with E-state index in [-0.39, 0.29) is 0 Å². The average Bonchev–Trinajstić information content (AvgIpc) is 3.48. The van der Waals surface area contributed by atoms with Crippen molar-refractivity contribution in [1.29, 1.82) is 0 Å². The molecule has 1 saturated heterocycles. The Labute approximate surface area is 182 Å². The first-order valence-electron chi connectivity index (χ1n) is 10.7. The van der Waals surface area contributed by atoms with Crippen LogP contribution in [0.5, 0.6) is 0 Å². The normalized spacial score (nSPS) is 15.4. The summed E-state index contributed by atoms with van der Waals surface area (Å²) >= 11 is 1.82. The molecule has 7 heteroatoms. The molecule has 4 rings (SSSR count). The minimum atomic E-state index is 0.457. The van der Waals surface area contributed by atoms with Crippen molar-refractivity contribution in [2.45, 2.75) is 38.9 Å². The second kappa shape index (κ2) is 10.3. The van der Waals surface area contributed by atoms with E-state index in [4.69, 9.17) is 4.99 Å². The molecule has 0 saturated carbocycles. The number of benzene rings is 1. The molecule has 3 aromatic rings. The number of aromatic nitrogens is 2. The SMILES string of the molecule is CCNC(=NCc1ccccc1Cn1cccn1)NC1CCN(c2cccs2)CC1.